The van der Waals surface area contributed by atoms with E-state index in [1.807, 2.05) is 28.0 Å². The third-order valence-electron chi connectivity index (χ3n) is 6.50. The number of amides is 2. The molecular formula is C24H28N2O4S. The Morgan fingerprint density at radius 1 is 1.06 bits per heavy atom. The fourth-order valence-corrected chi connectivity index (χ4v) is 5.06. The standard InChI is InChI=1S/C24H28N2O4S/c1-16-9-10-31-22(16)13-25(12-17-5-8-20-21(11-17)30-15-29-20)23(27)14-26(19-6-7-19)24(28)18-3-2-4-18/h5,8-11,18-19H,2-4,6-7,12-15H2,1H3. The van der Waals surface area contributed by atoms with E-state index in [-0.39, 0.29) is 37.1 Å². The predicted molar refractivity (Wildman–Crippen MR) is 118 cm³/mol. The highest BCUT2D eigenvalue weighted by Gasteiger charge is 2.39. The molecule has 1 aromatic carbocycles. The van der Waals surface area contributed by atoms with Crippen molar-refractivity contribution in [2.24, 2.45) is 5.92 Å². The van der Waals surface area contributed by atoms with Crippen molar-refractivity contribution < 1.29 is 19.1 Å². The first kappa shape index (κ1) is 20.4. The van der Waals surface area contributed by atoms with E-state index in [9.17, 15) is 9.59 Å². The van der Waals surface area contributed by atoms with Crippen molar-refractivity contribution in [2.75, 3.05) is 13.3 Å². The molecule has 7 heteroatoms. The molecule has 31 heavy (non-hydrogen) atoms. The Kier molecular flexibility index (Phi) is 5.61. The Labute approximate surface area is 186 Å². The van der Waals surface area contributed by atoms with Crippen molar-refractivity contribution in [1.82, 2.24) is 9.80 Å². The molecular weight excluding hydrogens is 412 g/mol. The maximum Gasteiger partial charge on any atom is 0.242 e. The number of fused-ring (bicyclic) bond motifs is 1. The van der Waals surface area contributed by atoms with Crippen LogP contribution in [0.4, 0.5) is 0 Å². The minimum absolute atomic E-state index is 0.00467. The van der Waals surface area contributed by atoms with Gasteiger partial charge in [0.05, 0.1) is 6.54 Å². The molecule has 1 aliphatic heterocycles. The highest BCUT2D eigenvalue weighted by atomic mass is 32.1. The fraction of sp³-hybridized carbons (Fsp3) is 0.500. The van der Waals surface area contributed by atoms with Gasteiger partial charge in [-0.1, -0.05) is 12.5 Å². The van der Waals surface area contributed by atoms with Crippen molar-refractivity contribution in [3.63, 3.8) is 0 Å². The minimum atomic E-state index is 0.00467. The fourth-order valence-electron chi connectivity index (χ4n) is 4.14. The van der Waals surface area contributed by atoms with Gasteiger partial charge in [-0.25, -0.2) is 0 Å². The number of benzene rings is 1. The summed E-state index contributed by atoms with van der Waals surface area (Å²) in [6.07, 6.45) is 5.07. The molecule has 0 radical (unpaired) electrons. The summed E-state index contributed by atoms with van der Waals surface area (Å²) in [5.41, 5.74) is 2.19. The molecule has 2 fully saturated rings. The number of carbonyl (C=O) groups excluding carboxylic acids is 2. The summed E-state index contributed by atoms with van der Waals surface area (Å²) in [6.45, 7) is 3.51. The van der Waals surface area contributed by atoms with E-state index >= 15 is 0 Å². The molecule has 0 unspecified atom stereocenters. The number of hydrogen-bond acceptors (Lipinski definition) is 5. The summed E-state index contributed by atoms with van der Waals surface area (Å²) in [7, 11) is 0. The monoisotopic (exact) mass is 440 g/mol. The van der Waals surface area contributed by atoms with Crippen molar-refractivity contribution >= 4 is 23.2 Å². The van der Waals surface area contributed by atoms with Crippen LogP contribution in [0.1, 0.15) is 48.1 Å². The van der Waals surface area contributed by atoms with Crippen molar-refractivity contribution in [1.29, 1.82) is 0 Å². The molecule has 2 heterocycles. The quantitative estimate of drug-likeness (QED) is 0.620. The number of nitrogens with zero attached hydrogens (tertiary/aromatic N) is 2. The Balaban J connectivity index is 1.34. The third-order valence-corrected chi connectivity index (χ3v) is 7.50. The van der Waals surface area contributed by atoms with Crippen LogP contribution in [-0.4, -0.2) is 41.0 Å². The summed E-state index contributed by atoms with van der Waals surface area (Å²) >= 11 is 1.67. The lowest BCUT2D eigenvalue weighted by molar-refractivity contribution is -0.145. The van der Waals surface area contributed by atoms with Gasteiger partial charge < -0.3 is 19.3 Å². The SMILES string of the molecule is Cc1ccsc1CN(Cc1ccc2c(c1)OCO2)C(=O)CN(C(=O)C1CCC1)C1CC1. The number of aryl methyl sites for hydroxylation is 1. The molecule has 0 N–H and O–H groups in total. The van der Waals surface area contributed by atoms with E-state index < -0.39 is 0 Å². The van der Waals surface area contributed by atoms with Gasteiger partial charge in [-0.3, -0.25) is 9.59 Å². The average molecular weight is 441 g/mol. The maximum absolute atomic E-state index is 13.5. The summed E-state index contributed by atoms with van der Waals surface area (Å²) < 4.78 is 10.9. The molecule has 5 rings (SSSR count). The lowest BCUT2D eigenvalue weighted by Crippen LogP contribution is -2.46. The molecule has 0 atom stereocenters. The number of carbonyl (C=O) groups is 2. The van der Waals surface area contributed by atoms with E-state index in [0.717, 1.165) is 49.2 Å². The first-order valence-corrected chi connectivity index (χ1v) is 12.0. The van der Waals surface area contributed by atoms with Crippen molar-refractivity contribution in [3.8, 4) is 11.5 Å². The van der Waals surface area contributed by atoms with E-state index in [1.165, 1.54) is 10.4 Å². The molecule has 3 aliphatic rings. The Hall–Kier alpha value is -2.54. The van der Waals surface area contributed by atoms with Crippen LogP contribution in [0.2, 0.25) is 0 Å². The molecule has 0 spiro atoms. The predicted octanol–water partition coefficient (Wildman–Crippen LogP) is 4.11. The van der Waals surface area contributed by atoms with Gasteiger partial charge in [-0.05, 0) is 67.3 Å². The van der Waals surface area contributed by atoms with Gasteiger partial charge in [-0.2, -0.15) is 0 Å². The molecule has 0 bridgehead atoms. The van der Waals surface area contributed by atoms with E-state index in [0.29, 0.717) is 13.1 Å². The molecule has 2 amide bonds. The summed E-state index contributed by atoms with van der Waals surface area (Å²) in [5.74, 6) is 1.76. The number of hydrogen-bond donors (Lipinski definition) is 0. The first-order valence-electron chi connectivity index (χ1n) is 11.1. The Morgan fingerprint density at radius 3 is 2.55 bits per heavy atom. The molecule has 2 aliphatic carbocycles. The second kappa shape index (κ2) is 8.54. The lowest BCUT2D eigenvalue weighted by Gasteiger charge is -2.33. The highest BCUT2D eigenvalue weighted by molar-refractivity contribution is 7.10. The van der Waals surface area contributed by atoms with Crippen LogP contribution in [0.5, 0.6) is 11.5 Å². The zero-order chi connectivity index (χ0) is 21.4. The van der Waals surface area contributed by atoms with E-state index in [4.69, 9.17) is 9.47 Å². The zero-order valence-electron chi connectivity index (χ0n) is 17.8. The van der Waals surface area contributed by atoms with Crippen LogP contribution in [0.3, 0.4) is 0 Å². The average Bonchev–Trinajstić information content (AvgIpc) is 3.31. The Bertz CT molecular complexity index is 980. The third kappa shape index (κ3) is 4.42. The van der Waals surface area contributed by atoms with Gasteiger partial charge in [0.15, 0.2) is 11.5 Å². The van der Waals surface area contributed by atoms with Gasteiger partial charge in [0.1, 0.15) is 6.54 Å². The van der Waals surface area contributed by atoms with Crippen LogP contribution < -0.4 is 9.47 Å². The van der Waals surface area contributed by atoms with Crippen LogP contribution >= 0.6 is 11.3 Å². The van der Waals surface area contributed by atoms with Crippen LogP contribution in [-0.2, 0) is 22.7 Å². The number of ether oxygens (including phenoxy) is 2. The normalized spacial score (nSPS) is 17.3. The summed E-state index contributed by atoms with van der Waals surface area (Å²) in [6, 6.07) is 8.15. The van der Waals surface area contributed by atoms with E-state index in [1.54, 1.807) is 11.3 Å². The first-order chi connectivity index (χ1) is 15.1. The largest absolute Gasteiger partial charge is 0.454 e. The zero-order valence-corrected chi connectivity index (χ0v) is 18.7. The van der Waals surface area contributed by atoms with Crippen molar-refractivity contribution in [2.45, 2.75) is 58.2 Å². The van der Waals surface area contributed by atoms with Gasteiger partial charge >= 0.3 is 0 Å². The van der Waals surface area contributed by atoms with Crippen LogP contribution in [0.25, 0.3) is 0 Å². The molecule has 2 saturated carbocycles. The van der Waals surface area contributed by atoms with Gasteiger partial charge in [-0.15, -0.1) is 11.3 Å². The summed E-state index contributed by atoms with van der Waals surface area (Å²) in [4.78, 5) is 31.3. The van der Waals surface area contributed by atoms with Gasteiger partial charge in [0, 0.05) is 23.4 Å². The topological polar surface area (TPSA) is 59.1 Å². The van der Waals surface area contributed by atoms with Crippen molar-refractivity contribution in [3.05, 3.63) is 45.6 Å². The minimum Gasteiger partial charge on any atom is -0.454 e. The second-order valence-electron chi connectivity index (χ2n) is 8.79. The number of rotatable bonds is 8. The lowest BCUT2D eigenvalue weighted by atomic mass is 9.84. The van der Waals surface area contributed by atoms with Gasteiger partial charge in [0.25, 0.3) is 0 Å². The summed E-state index contributed by atoms with van der Waals surface area (Å²) in [5, 5.41) is 2.06. The number of thiophene rings is 1. The highest BCUT2D eigenvalue weighted by Crippen LogP contribution is 2.35. The second-order valence-corrected chi connectivity index (χ2v) is 9.79. The van der Waals surface area contributed by atoms with Crippen LogP contribution in [0.15, 0.2) is 29.6 Å². The molecule has 164 valence electrons. The smallest absolute Gasteiger partial charge is 0.242 e. The van der Waals surface area contributed by atoms with E-state index in [2.05, 4.69) is 18.4 Å². The molecule has 2 aromatic rings. The molecule has 1 aromatic heterocycles. The maximum atomic E-state index is 13.5. The molecule has 0 saturated heterocycles. The van der Waals surface area contributed by atoms with Crippen LogP contribution in [0, 0.1) is 12.8 Å². The van der Waals surface area contributed by atoms with Gasteiger partial charge in [0.2, 0.25) is 18.6 Å². The Morgan fingerprint density at radius 2 is 1.87 bits per heavy atom. The molecule has 6 nitrogen and oxygen atoms in total.